The first-order chi connectivity index (χ1) is 27.0. The molecule has 2 amide bonds. The van der Waals surface area contributed by atoms with Crippen molar-refractivity contribution in [1.82, 2.24) is 0 Å². The molecule has 0 saturated heterocycles. The van der Waals surface area contributed by atoms with Crippen LogP contribution in [0, 0.1) is 0 Å². The molecular formula is C33H24N6O15S4. The van der Waals surface area contributed by atoms with E-state index in [-0.39, 0.29) is 44.3 Å². The second kappa shape index (κ2) is 15.1. The number of hydrogen-bond donors (Lipinski definition) is 8. The average molecular weight is 873 g/mol. The number of hydrogen-bond acceptors (Lipinski definition) is 15. The number of aromatic hydroxyl groups is 2. The summed E-state index contributed by atoms with van der Waals surface area (Å²) in [7, 11) is -19.4. The van der Waals surface area contributed by atoms with E-state index in [1.807, 2.05) is 0 Å². The lowest BCUT2D eigenvalue weighted by Gasteiger charge is -2.11. The average Bonchev–Trinajstić information content (AvgIpc) is 3.11. The molecule has 21 nitrogen and oxygen atoms in total. The number of phenols is 2. The molecule has 0 atom stereocenters. The molecule has 0 aromatic heterocycles. The molecule has 6 aromatic rings. The minimum Gasteiger partial charge on any atom is -0.507 e. The zero-order valence-electron chi connectivity index (χ0n) is 28.5. The van der Waals surface area contributed by atoms with E-state index in [1.165, 1.54) is 48.5 Å². The minimum atomic E-state index is -5.00. The number of nitrogens with zero attached hydrogens (tertiary/aromatic N) is 4. The van der Waals surface area contributed by atoms with Gasteiger partial charge in [0, 0.05) is 34.3 Å². The molecule has 0 spiro atoms. The van der Waals surface area contributed by atoms with Gasteiger partial charge in [-0.25, -0.2) is 4.79 Å². The van der Waals surface area contributed by atoms with Gasteiger partial charge in [-0.05, 0) is 95.7 Å². The fourth-order valence-electron chi connectivity index (χ4n) is 5.32. The maximum Gasteiger partial charge on any atom is 0.323 e. The van der Waals surface area contributed by atoms with Crippen molar-refractivity contribution in [2.24, 2.45) is 20.5 Å². The molecular weight excluding hydrogens is 849 g/mol. The molecule has 0 unspecified atom stereocenters. The number of phenolic OH excluding ortho intramolecular Hbond substituents is 2. The highest BCUT2D eigenvalue weighted by Gasteiger charge is 2.21. The number of anilines is 2. The van der Waals surface area contributed by atoms with Crippen molar-refractivity contribution in [2.45, 2.75) is 19.6 Å². The summed E-state index contributed by atoms with van der Waals surface area (Å²) in [6.07, 6.45) is 0. The van der Waals surface area contributed by atoms with Gasteiger partial charge in [0.05, 0.1) is 21.2 Å². The van der Waals surface area contributed by atoms with Gasteiger partial charge in [0.25, 0.3) is 40.5 Å². The minimum absolute atomic E-state index is 0.0331. The number of carbonyl (C=O) groups is 1. The molecule has 0 heterocycles. The molecule has 0 saturated carbocycles. The van der Waals surface area contributed by atoms with Crippen LogP contribution < -0.4 is 10.6 Å². The first kappa shape index (κ1) is 41.2. The predicted molar refractivity (Wildman–Crippen MR) is 204 cm³/mol. The van der Waals surface area contributed by atoms with E-state index < -0.39 is 89.0 Å². The Morgan fingerprint density at radius 1 is 0.448 bits per heavy atom. The topological polar surface area (TPSA) is 349 Å². The highest BCUT2D eigenvalue weighted by Crippen LogP contribution is 2.36. The summed E-state index contributed by atoms with van der Waals surface area (Å²) in [6, 6.07) is 16.8. The fraction of sp³-hybridized carbons (Fsp3) is 0. The first-order valence-corrected chi connectivity index (χ1v) is 21.3. The number of azo groups is 2. The number of carbonyl (C=O) groups excluding carboxylic acids is 1. The van der Waals surface area contributed by atoms with Gasteiger partial charge in [-0.2, -0.15) is 43.9 Å². The second-order valence-corrected chi connectivity index (χ2v) is 17.6. The Balaban J connectivity index is 1.21. The summed E-state index contributed by atoms with van der Waals surface area (Å²) in [4.78, 5) is 10.0. The number of rotatable bonds is 10. The Kier molecular flexibility index (Phi) is 10.8. The smallest absolute Gasteiger partial charge is 0.323 e. The Morgan fingerprint density at radius 3 is 1.17 bits per heavy atom. The number of urea groups is 1. The van der Waals surface area contributed by atoms with Gasteiger partial charge in [-0.1, -0.05) is 0 Å². The van der Waals surface area contributed by atoms with Crippen molar-refractivity contribution in [3.63, 3.8) is 0 Å². The Hall–Kier alpha value is -6.45. The summed E-state index contributed by atoms with van der Waals surface area (Å²) in [5.74, 6) is -0.921. The Morgan fingerprint density at radius 2 is 0.828 bits per heavy atom. The van der Waals surface area contributed by atoms with Crippen molar-refractivity contribution < 1.29 is 66.9 Å². The quantitative estimate of drug-likeness (QED) is 0.0514. The third kappa shape index (κ3) is 9.39. The van der Waals surface area contributed by atoms with E-state index in [0.29, 0.717) is 0 Å². The molecule has 0 fully saturated rings. The van der Waals surface area contributed by atoms with Crippen LogP contribution in [0.2, 0.25) is 0 Å². The van der Waals surface area contributed by atoms with Gasteiger partial charge in [-0.15, -0.1) is 10.2 Å². The SMILES string of the molecule is O=C(Nc1ccc(N=Nc2ccc3c(O)cc(S(=O)(=O)O)cc3c2)c(S(=O)(=O)O)c1)Nc1ccc(N=Nc2ccc3c(O)cc(S(=O)(=O)O)cc3c2)c(S(=O)(=O)O)c1. The van der Waals surface area contributed by atoms with Crippen LogP contribution in [0.25, 0.3) is 21.5 Å². The third-order valence-corrected chi connectivity index (χ3v) is 11.3. The molecule has 0 aliphatic carbocycles. The summed E-state index contributed by atoms with van der Waals surface area (Å²) in [5.41, 5.74) is -1.17. The van der Waals surface area contributed by atoms with Crippen LogP contribution in [-0.4, -0.2) is 68.1 Å². The molecule has 0 radical (unpaired) electrons. The van der Waals surface area contributed by atoms with Crippen LogP contribution in [0.5, 0.6) is 11.5 Å². The summed E-state index contributed by atoms with van der Waals surface area (Å²) in [6.45, 7) is 0. The van der Waals surface area contributed by atoms with Crippen molar-refractivity contribution in [3.8, 4) is 11.5 Å². The van der Waals surface area contributed by atoms with E-state index in [2.05, 4.69) is 31.1 Å². The molecule has 6 rings (SSSR count). The van der Waals surface area contributed by atoms with Gasteiger partial charge in [0.2, 0.25) is 0 Å². The number of amides is 2. The number of benzene rings is 6. The maximum absolute atomic E-state index is 12.9. The summed E-state index contributed by atoms with van der Waals surface area (Å²) in [5, 5.41) is 40.9. The van der Waals surface area contributed by atoms with Gasteiger partial charge in [0.1, 0.15) is 32.7 Å². The molecule has 0 aliphatic heterocycles. The molecule has 8 N–H and O–H groups in total. The van der Waals surface area contributed by atoms with Crippen molar-refractivity contribution in [3.05, 3.63) is 97.1 Å². The van der Waals surface area contributed by atoms with Crippen LogP contribution in [0.15, 0.2) is 137 Å². The van der Waals surface area contributed by atoms with Gasteiger partial charge in [0.15, 0.2) is 0 Å². The second-order valence-electron chi connectivity index (χ2n) is 11.9. The van der Waals surface area contributed by atoms with Gasteiger partial charge in [-0.3, -0.25) is 18.2 Å². The zero-order valence-corrected chi connectivity index (χ0v) is 31.8. The molecule has 25 heteroatoms. The maximum atomic E-state index is 12.9. The molecule has 300 valence electrons. The Bertz CT molecular complexity index is 3020. The molecule has 6 aromatic carbocycles. The van der Waals surface area contributed by atoms with Crippen molar-refractivity contribution in [1.29, 1.82) is 0 Å². The van der Waals surface area contributed by atoms with Crippen molar-refractivity contribution >= 4 is 102 Å². The van der Waals surface area contributed by atoms with E-state index in [0.717, 1.165) is 48.5 Å². The van der Waals surface area contributed by atoms with E-state index in [1.54, 1.807) is 0 Å². The predicted octanol–water partition coefficient (Wildman–Crippen LogP) is 6.87. The standard InChI is InChI=1S/C33H24N6O15S4/c40-29-15-23(55(43,44)45)11-17-9-21(1-5-25(17)29)36-38-27-7-3-19(13-31(27)57(49,50)51)34-33(42)35-20-4-8-28(32(14-20)58(52,53)54)39-37-22-2-6-26-18(10-22)12-24(16-30(26)41)56(46,47)48/h1-16,40-41H,(H2,34,35,42)(H,43,44,45)(H,46,47,48)(H,49,50,51)(H,52,53,54). The normalized spacial score (nSPS) is 12.8. The van der Waals surface area contributed by atoms with E-state index in [4.69, 9.17) is 0 Å². The molecule has 0 aliphatic rings. The van der Waals surface area contributed by atoms with E-state index in [9.17, 15) is 66.9 Å². The monoisotopic (exact) mass is 872 g/mol. The largest absolute Gasteiger partial charge is 0.507 e. The number of nitrogens with one attached hydrogen (secondary N) is 2. The van der Waals surface area contributed by atoms with Crippen LogP contribution in [0.1, 0.15) is 0 Å². The lowest BCUT2D eigenvalue weighted by molar-refractivity contribution is 0.262. The zero-order chi connectivity index (χ0) is 42.4. The van der Waals surface area contributed by atoms with Crippen molar-refractivity contribution in [2.75, 3.05) is 10.6 Å². The first-order valence-electron chi connectivity index (χ1n) is 15.6. The summed E-state index contributed by atoms with van der Waals surface area (Å²) < 4.78 is 134. The molecule has 0 bridgehead atoms. The van der Waals surface area contributed by atoms with Gasteiger partial charge >= 0.3 is 6.03 Å². The lowest BCUT2D eigenvalue weighted by atomic mass is 10.1. The van der Waals surface area contributed by atoms with Crippen LogP contribution in [-0.2, 0) is 40.5 Å². The van der Waals surface area contributed by atoms with Gasteiger partial charge < -0.3 is 20.8 Å². The highest BCUT2D eigenvalue weighted by molar-refractivity contribution is 7.86. The summed E-state index contributed by atoms with van der Waals surface area (Å²) >= 11 is 0. The van der Waals surface area contributed by atoms with Crippen LogP contribution in [0.4, 0.5) is 38.9 Å². The van der Waals surface area contributed by atoms with E-state index >= 15 is 0 Å². The Labute approximate surface area is 327 Å². The van der Waals surface area contributed by atoms with Crippen LogP contribution >= 0.6 is 0 Å². The van der Waals surface area contributed by atoms with Crippen LogP contribution in [0.3, 0.4) is 0 Å². The number of fused-ring (bicyclic) bond motifs is 2. The highest BCUT2D eigenvalue weighted by atomic mass is 32.2. The lowest BCUT2D eigenvalue weighted by Crippen LogP contribution is -2.19. The fourth-order valence-corrected chi connectivity index (χ4v) is 7.69. The molecule has 58 heavy (non-hydrogen) atoms. The third-order valence-electron chi connectivity index (χ3n) is 7.91.